The molecule has 3 heteroatoms. The third kappa shape index (κ3) is 3.83. The van der Waals surface area contributed by atoms with Gasteiger partial charge in [0, 0.05) is 28.8 Å². The smallest absolute Gasteiger partial charge is 0.127 e. The monoisotopic (exact) mass is 402 g/mol. The van der Waals surface area contributed by atoms with Gasteiger partial charge in [0.05, 0.1) is 13.1 Å². The summed E-state index contributed by atoms with van der Waals surface area (Å²) in [4.78, 5) is 1.65. The Morgan fingerprint density at radius 2 is 1.66 bits per heavy atom. The number of halogens is 1. The topological polar surface area (TPSA) is 13.7 Å². The van der Waals surface area contributed by atoms with Crippen molar-refractivity contribution in [1.29, 1.82) is 0 Å². The van der Waals surface area contributed by atoms with E-state index in [4.69, 9.17) is 16.3 Å². The summed E-state index contributed by atoms with van der Waals surface area (Å²) in [6.07, 6.45) is 7.21. The molecule has 1 spiro atoms. The Labute approximate surface area is 177 Å². The van der Waals surface area contributed by atoms with Gasteiger partial charge >= 0.3 is 0 Å². The molecule has 29 heavy (non-hydrogen) atoms. The number of piperidine rings is 1. The van der Waals surface area contributed by atoms with E-state index < -0.39 is 0 Å². The van der Waals surface area contributed by atoms with Crippen LogP contribution >= 0.6 is 11.6 Å². The number of likely N-dealkylation sites (tertiary alicyclic amines) is 1. The number of rotatable bonds is 4. The lowest BCUT2D eigenvalue weighted by Crippen LogP contribution is -3.12. The van der Waals surface area contributed by atoms with Gasteiger partial charge in [-0.3, -0.25) is 0 Å². The first kappa shape index (κ1) is 18.5. The zero-order chi connectivity index (χ0) is 19.7. The number of allylic oxidation sites excluding steroid dienone is 1. The maximum Gasteiger partial charge on any atom is 0.127 e. The number of ether oxygens (including phenoxy) is 1. The number of fused-ring (bicyclic) bond motifs is 2. The Morgan fingerprint density at radius 1 is 0.862 bits per heavy atom. The summed E-state index contributed by atoms with van der Waals surface area (Å²) in [6.45, 7) is 3.43. The van der Waals surface area contributed by atoms with E-state index in [1.807, 2.05) is 30.3 Å². The predicted molar refractivity (Wildman–Crippen MR) is 119 cm³/mol. The van der Waals surface area contributed by atoms with Crippen LogP contribution in [0.3, 0.4) is 0 Å². The van der Waals surface area contributed by atoms with Gasteiger partial charge in [0.2, 0.25) is 0 Å². The second-order valence-electron chi connectivity index (χ2n) is 8.21. The summed E-state index contributed by atoms with van der Waals surface area (Å²) in [7, 11) is 0. The zero-order valence-electron chi connectivity index (χ0n) is 16.4. The highest BCUT2D eigenvalue weighted by molar-refractivity contribution is 6.30. The van der Waals surface area contributed by atoms with Crippen LogP contribution in [0.5, 0.6) is 11.5 Å². The number of hydrogen-bond donors (Lipinski definition) is 1. The van der Waals surface area contributed by atoms with Gasteiger partial charge in [0.1, 0.15) is 18.0 Å². The maximum atomic E-state index is 6.00. The van der Waals surface area contributed by atoms with Crippen molar-refractivity contribution in [1.82, 2.24) is 0 Å². The third-order valence-electron chi connectivity index (χ3n) is 6.33. The van der Waals surface area contributed by atoms with Crippen molar-refractivity contribution < 1.29 is 9.64 Å². The molecule has 1 fully saturated rings. The molecule has 0 radical (unpaired) electrons. The van der Waals surface area contributed by atoms with Gasteiger partial charge in [-0.25, -0.2) is 0 Å². The van der Waals surface area contributed by atoms with Crippen molar-refractivity contribution in [3.63, 3.8) is 0 Å². The average molecular weight is 403 g/mol. The van der Waals surface area contributed by atoms with E-state index in [0.29, 0.717) is 0 Å². The third-order valence-corrected chi connectivity index (χ3v) is 6.58. The molecule has 1 aliphatic carbocycles. The Balaban J connectivity index is 1.23. The SMILES string of the molecule is Clc1ccc(Oc2cccc(C[NH+]3CCC4(C=Cc5ccccc54)CC3)c2)cc1. The summed E-state index contributed by atoms with van der Waals surface area (Å²) in [6, 6.07) is 24.8. The maximum absolute atomic E-state index is 6.00. The van der Waals surface area contributed by atoms with Crippen molar-refractivity contribution in [2.75, 3.05) is 13.1 Å². The van der Waals surface area contributed by atoms with Gasteiger partial charge in [-0.1, -0.05) is 60.2 Å². The highest BCUT2D eigenvalue weighted by Gasteiger charge is 2.39. The fourth-order valence-corrected chi connectivity index (χ4v) is 4.87. The summed E-state index contributed by atoms with van der Waals surface area (Å²) >= 11 is 5.96. The zero-order valence-corrected chi connectivity index (χ0v) is 17.2. The van der Waals surface area contributed by atoms with Gasteiger partial charge in [-0.2, -0.15) is 0 Å². The molecule has 1 N–H and O–H groups in total. The molecule has 2 aliphatic rings. The summed E-state index contributed by atoms with van der Waals surface area (Å²) < 4.78 is 6.00. The summed E-state index contributed by atoms with van der Waals surface area (Å²) in [5.41, 5.74) is 4.52. The van der Waals surface area contributed by atoms with Crippen LogP contribution in [-0.2, 0) is 12.0 Å². The minimum absolute atomic E-state index is 0.264. The van der Waals surface area contributed by atoms with Gasteiger partial charge < -0.3 is 9.64 Å². The molecule has 1 aliphatic heterocycles. The molecular formula is C26H25ClNO+. The molecule has 5 rings (SSSR count). The van der Waals surface area contributed by atoms with E-state index in [1.165, 1.54) is 42.6 Å². The van der Waals surface area contributed by atoms with Crippen molar-refractivity contribution >= 4 is 17.7 Å². The number of hydrogen-bond acceptors (Lipinski definition) is 1. The molecule has 3 aromatic rings. The largest absolute Gasteiger partial charge is 0.457 e. The fourth-order valence-electron chi connectivity index (χ4n) is 4.74. The second kappa shape index (κ2) is 7.70. The molecule has 0 unspecified atom stereocenters. The Hall–Kier alpha value is -2.55. The predicted octanol–water partition coefficient (Wildman–Crippen LogP) is 5.28. The highest BCUT2D eigenvalue weighted by Crippen LogP contribution is 2.41. The van der Waals surface area contributed by atoms with Gasteiger partial charge in [0.15, 0.2) is 0 Å². The van der Waals surface area contributed by atoms with Crippen LogP contribution in [0, 0.1) is 0 Å². The minimum Gasteiger partial charge on any atom is -0.457 e. The van der Waals surface area contributed by atoms with E-state index in [2.05, 4.69) is 54.6 Å². The Morgan fingerprint density at radius 3 is 2.48 bits per heavy atom. The minimum atomic E-state index is 0.264. The molecule has 0 bridgehead atoms. The first-order valence-electron chi connectivity index (χ1n) is 10.3. The normalized spacial score (nSPS) is 22.6. The summed E-state index contributed by atoms with van der Waals surface area (Å²) in [5, 5.41) is 0.720. The lowest BCUT2D eigenvalue weighted by atomic mass is 9.74. The number of nitrogens with one attached hydrogen (secondary N) is 1. The number of benzene rings is 3. The summed E-state index contributed by atoms with van der Waals surface area (Å²) in [5.74, 6) is 1.69. The molecule has 0 aromatic heterocycles. The number of quaternary nitrogens is 1. The molecule has 0 saturated carbocycles. The molecule has 146 valence electrons. The standard InChI is InChI=1S/C26H24ClNO/c27-22-8-10-23(11-9-22)29-24-6-3-4-20(18-24)19-28-16-14-26(15-17-28)13-12-21-5-1-2-7-25(21)26/h1-13,18H,14-17,19H2/p+1. The van der Waals surface area contributed by atoms with E-state index in [0.717, 1.165) is 23.1 Å². The van der Waals surface area contributed by atoms with Crippen molar-refractivity contribution in [3.05, 3.63) is 101 Å². The lowest BCUT2D eigenvalue weighted by Gasteiger charge is -2.37. The quantitative estimate of drug-likeness (QED) is 0.627. The van der Waals surface area contributed by atoms with Crippen molar-refractivity contribution in [2.45, 2.75) is 24.8 Å². The molecular weight excluding hydrogens is 378 g/mol. The van der Waals surface area contributed by atoms with E-state index in [-0.39, 0.29) is 5.41 Å². The van der Waals surface area contributed by atoms with Crippen LogP contribution in [0.1, 0.15) is 29.5 Å². The average Bonchev–Trinajstić information content (AvgIpc) is 3.10. The van der Waals surface area contributed by atoms with Crippen LogP contribution in [0.25, 0.3) is 6.08 Å². The van der Waals surface area contributed by atoms with Crippen LogP contribution in [0.2, 0.25) is 5.02 Å². The van der Waals surface area contributed by atoms with Crippen molar-refractivity contribution in [3.8, 4) is 11.5 Å². The fraction of sp³-hybridized carbons (Fsp3) is 0.231. The first-order valence-corrected chi connectivity index (χ1v) is 10.7. The van der Waals surface area contributed by atoms with Gasteiger partial charge in [-0.05, 0) is 47.5 Å². The molecule has 0 atom stereocenters. The molecule has 1 saturated heterocycles. The molecule has 3 aromatic carbocycles. The van der Waals surface area contributed by atoms with E-state index in [9.17, 15) is 0 Å². The van der Waals surface area contributed by atoms with E-state index >= 15 is 0 Å². The Kier molecular flexibility index (Phi) is 4.91. The second-order valence-corrected chi connectivity index (χ2v) is 8.64. The van der Waals surface area contributed by atoms with Crippen molar-refractivity contribution in [2.24, 2.45) is 0 Å². The molecule has 0 amide bonds. The van der Waals surface area contributed by atoms with Crippen LogP contribution in [-0.4, -0.2) is 13.1 Å². The molecule has 2 nitrogen and oxygen atoms in total. The van der Waals surface area contributed by atoms with E-state index in [1.54, 1.807) is 4.90 Å². The van der Waals surface area contributed by atoms with Gasteiger partial charge in [0.25, 0.3) is 0 Å². The van der Waals surface area contributed by atoms with Crippen LogP contribution < -0.4 is 9.64 Å². The van der Waals surface area contributed by atoms with Crippen LogP contribution in [0.15, 0.2) is 78.9 Å². The highest BCUT2D eigenvalue weighted by atomic mass is 35.5. The molecule has 1 heterocycles. The van der Waals surface area contributed by atoms with Crippen LogP contribution in [0.4, 0.5) is 0 Å². The van der Waals surface area contributed by atoms with Gasteiger partial charge in [-0.15, -0.1) is 0 Å². The Bertz CT molecular complexity index is 1030. The first-order chi connectivity index (χ1) is 14.2. The lowest BCUT2D eigenvalue weighted by molar-refractivity contribution is -0.919.